The first-order chi connectivity index (χ1) is 13.1. The third kappa shape index (κ3) is 3.81. The van der Waals surface area contributed by atoms with Crippen LogP contribution in [0.5, 0.6) is 17.2 Å². The topological polar surface area (TPSA) is 77.1 Å². The summed E-state index contributed by atoms with van der Waals surface area (Å²) in [7, 11) is 4.58. The van der Waals surface area contributed by atoms with E-state index in [1.54, 1.807) is 36.3 Å². The molecule has 142 valence electrons. The Bertz CT molecular complexity index is 852. The molecular formula is C20H22N2O5. The van der Waals surface area contributed by atoms with Crippen molar-refractivity contribution in [3.8, 4) is 17.2 Å². The van der Waals surface area contributed by atoms with Gasteiger partial charge in [0.15, 0.2) is 11.5 Å². The molecule has 1 aliphatic heterocycles. The molecule has 1 atom stereocenters. The maximum atomic E-state index is 12.7. The predicted octanol–water partition coefficient (Wildman–Crippen LogP) is 2.25. The zero-order valence-corrected chi connectivity index (χ0v) is 15.5. The van der Waals surface area contributed by atoms with Gasteiger partial charge in [-0.15, -0.1) is 0 Å². The molecular weight excluding hydrogens is 348 g/mol. The molecule has 0 saturated carbocycles. The normalized spacial score (nSPS) is 16.2. The van der Waals surface area contributed by atoms with Crippen LogP contribution in [0.2, 0.25) is 0 Å². The summed E-state index contributed by atoms with van der Waals surface area (Å²) in [6.45, 7) is 0.393. The highest BCUT2D eigenvalue weighted by Gasteiger charge is 2.32. The summed E-state index contributed by atoms with van der Waals surface area (Å²) in [4.78, 5) is 26.8. The van der Waals surface area contributed by atoms with E-state index in [9.17, 15) is 9.59 Å². The largest absolute Gasteiger partial charge is 0.497 e. The van der Waals surface area contributed by atoms with Crippen molar-refractivity contribution >= 4 is 17.5 Å². The van der Waals surface area contributed by atoms with Crippen molar-refractivity contribution in [2.24, 2.45) is 0 Å². The summed E-state index contributed by atoms with van der Waals surface area (Å²) in [5, 5.41) is 2.91. The number of benzene rings is 2. The van der Waals surface area contributed by atoms with Crippen molar-refractivity contribution in [3.63, 3.8) is 0 Å². The lowest BCUT2D eigenvalue weighted by Crippen LogP contribution is -2.37. The first-order valence-corrected chi connectivity index (χ1v) is 8.53. The molecule has 1 aliphatic rings. The van der Waals surface area contributed by atoms with Crippen LogP contribution in [0.25, 0.3) is 0 Å². The number of carbonyl (C=O) groups excluding carboxylic acids is 2. The average molecular weight is 370 g/mol. The molecule has 0 aromatic heterocycles. The van der Waals surface area contributed by atoms with Gasteiger partial charge in [-0.2, -0.15) is 0 Å². The van der Waals surface area contributed by atoms with Crippen LogP contribution in [0.3, 0.4) is 0 Å². The van der Waals surface area contributed by atoms with Gasteiger partial charge in [-0.1, -0.05) is 12.1 Å². The fourth-order valence-electron chi connectivity index (χ4n) is 3.16. The molecule has 2 aromatic rings. The van der Waals surface area contributed by atoms with Crippen molar-refractivity contribution in [2.45, 2.75) is 12.5 Å². The molecule has 0 radical (unpaired) electrons. The molecule has 1 heterocycles. The van der Waals surface area contributed by atoms with Crippen LogP contribution in [-0.4, -0.2) is 45.7 Å². The summed E-state index contributed by atoms with van der Waals surface area (Å²) in [6, 6.07) is 12.1. The third-order valence-electron chi connectivity index (χ3n) is 4.47. The Morgan fingerprint density at radius 1 is 1.07 bits per heavy atom. The molecule has 7 heteroatoms. The van der Waals surface area contributed by atoms with E-state index in [1.807, 2.05) is 18.2 Å². The van der Waals surface area contributed by atoms with Crippen LogP contribution in [0.1, 0.15) is 16.8 Å². The Balaban J connectivity index is 1.74. The zero-order chi connectivity index (χ0) is 19.4. The number of amides is 2. The lowest BCUT2D eigenvalue weighted by atomic mass is 10.1. The van der Waals surface area contributed by atoms with Crippen molar-refractivity contribution < 1.29 is 23.8 Å². The predicted molar refractivity (Wildman–Crippen MR) is 101 cm³/mol. The van der Waals surface area contributed by atoms with Gasteiger partial charge < -0.3 is 24.4 Å². The van der Waals surface area contributed by atoms with Crippen molar-refractivity contribution in [3.05, 3.63) is 48.0 Å². The molecule has 1 saturated heterocycles. The van der Waals surface area contributed by atoms with Gasteiger partial charge in [-0.3, -0.25) is 9.59 Å². The first-order valence-electron chi connectivity index (χ1n) is 8.53. The van der Waals surface area contributed by atoms with Crippen LogP contribution < -0.4 is 24.4 Å². The number of carbonyl (C=O) groups is 2. The maximum Gasteiger partial charge on any atom is 0.255 e. The molecule has 0 unspecified atom stereocenters. The number of para-hydroxylation sites is 1. The Labute approximate surface area is 157 Å². The molecule has 2 aromatic carbocycles. The lowest BCUT2D eigenvalue weighted by molar-refractivity contribution is -0.117. The smallest absolute Gasteiger partial charge is 0.255 e. The molecule has 1 fully saturated rings. The van der Waals surface area contributed by atoms with E-state index in [0.29, 0.717) is 29.4 Å². The molecule has 3 rings (SSSR count). The van der Waals surface area contributed by atoms with E-state index in [4.69, 9.17) is 14.2 Å². The van der Waals surface area contributed by atoms with Crippen LogP contribution in [0.4, 0.5) is 5.69 Å². The monoisotopic (exact) mass is 370 g/mol. The first kappa shape index (κ1) is 18.6. The maximum absolute atomic E-state index is 12.7. The van der Waals surface area contributed by atoms with E-state index in [0.717, 1.165) is 5.69 Å². The quantitative estimate of drug-likeness (QED) is 0.844. The Morgan fingerprint density at radius 2 is 1.85 bits per heavy atom. The molecule has 7 nitrogen and oxygen atoms in total. The van der Waals surface area contributed by atoms with Crippen LogP contribution in [0, 0.1) is 0 Å². The number of hydrogen-bond acceptors (Lipinski definition) is 5. The van der Waals surface area contributed by atoms with Gasteiger partial charge in [0.25, 0.3) is 5.91 Å². The summed E-state index contributed by atoms with van der Waals surface area (Å²) < 4.78 is 15.8. The average Bonchev–Trinajstić information content (AvgIpc) is 3.07. The standard InChI is InChI=1S/C20H22N2O5/c1-25-15-7-4-6-14(11-15)22-12-13(10-18(22)23)21-20(24)16-8-5-9-17(26-2)19(16)27-3/h4-9,11,13H,10,12H2,1-3H3,(H,21,24)/t13-/m0/s1. The zero-order valence-electron chi connectivity index (χ0n) is 15.5. The second kappa shape index (κ2) is 7.99. The minimum Gasteiger partial charge on any atom is -0.497 e. The molecule has 2 amide bonds. The van der Waals surface area contributed by atoms with Crippen LogP contribution in [0.15, 0.2) is 42.5 Å². The van der Waals surface area contributed by atoms with Crippen LogP contribution >= 0.6 is 0 Å². The number of rotatable bonds is 6. The fourth-order valence-corrected chi connectivity index (χ4v) is 3.16. The summed E-state index contributed by atoms with van der Waals surface area (Å²) in [6.07, 6.45) is 0.231. The highest BCUT2D eigenvalue weighted by Crippen LogP contribution is 2.31. The molecule has 0 aliphatic carbocycles. The highest BCUT2D eigenvalue weighted by atomic mass is 16.5. The molecule has 0 spiro atoms. The SMILES string of the molecule is COc1cccc(N2C[C@@H](NC(=O)c3cccc(OC)c3OC)CC2=O)c1. The fraction of sp³-hybridized carbons (Fsp3) is 0.300. The van der Waals surface area contributed by atoms with Gasteiger partial charge in [0, 0.05) is 24.7 Å². The van der Waals surface area contributed by atoms with Gasteiger partial charge in [-0.05, 0) is 24.3 Å². The van der Waals surface area contributed by atoms with E-state index in [1.165, 1.54) is 14.2 Å². The minimum atomic E-state index is -0.309. The van der Waals surface area contributed by atoms with E-state index in [-0.39, 0.29) is 24.3 Å². The number of nitrogens with zero attached hydrogens (tertiary/aromatic N) is 1. The molecule has 1 N–H and O–H groups in total. The van der Waals surface area contributed by atoms with Gasteiger partial charge in [-0.25, -0.2) is 0 Å². The van der Waals surface area contributed by atoms with E-state index >= 15 is 0 Å². The van der Waals surface area contributed by atoms with E-state index < -0.39 is 0 Å². The van der Waals surface area contributed by atoms with Gasteiger partial charge in [0.05, 0.1) is 32.9 Å². The third-order valence-corrected chi connectivity index (χ3v) is 4.47. The summed E-state index contributed by atoms with van der Waals surface area (Å²) >= 11 is 0. The van der Waals surface area contributed by atoms with Gasteiger partial charge in [0.1, 0.15) is 5.75 Å². The van der Waals surface area contributed by atoms with Crippen molar-refractivity contribution in [1.82, 2.24) is 5.32 Å². The Kier molecular flexibility index (Phi) is 5.49. The number of methoxy groups -OCH3 is 3. The summed E-state index contributed by atoms with van der Waals surface area (Å²) in [5.41, 5.74) is 1.11. The second-order valence-corrected chi connectivity index (χ2v) is 6.12. The lowest BCUT2D eigenvalue weighted by Gasteiger charge is -2.18. The number of hydrogen-bond donors (Lipinski definition) is 1. The molecule has 0 bridgehead atoms. The highest BCUT2D eigenvalue weighted by molar-refractivity contribution is 6.00. The van der Waals surface area contributed by atoms with E-state index in [2.05, 4.69) is 5.32 Å². The Morgan fingerprint density at radius 3 is 2.56 bits per heavy atom. The summed E-state index contributed by atoms with van der Waals surface area (Å²) in [5.74, 6) is 1.16. The van der Waals surface area contributed by atoms with Crippen molar-refractivity contribution in [2.75, 3.05) is 32.8 Å². The van der Waals surface area contributed by atoms with Crippen molar-refractivity contribution in [1.29, 1.82) is 0 Å². The number of anilines is 1. The number of ether oxygens (including phenoxy) is 3. The molecule has 27 heavy (non-hydrogen) atoms. The van der Waals surface area contributed by atoms with Gasteiger partial charge >= 0.3 is 0 Å². The number of nitrogens with one attached hydrogen (secondary N) is 1. The Hall–Kier alpha value is -3.22. The minimum absolute atomic E-state index is 0.0499. The van der Waals surface area contributed by atoms with Gasteiger partial charge in [0.2, 0.25) is 5.91 Å². The van der Waals surface area contributed by atoms with Crippen LogP contribution in [-0.2, 0) is 4.79 Å². The second-order valence-electron chi connectivity index (χ2n) is 6.12.